The number of fused-ring (bicyclic) bond motifs is 6. The molecule has 454 valence electrons. The van der Waals surface area contributed by atoms with Crippen LogP contribution in [0, 0.1) is 25.2 Å². The number of rotatable bonds is 16. The van der Waals surface area contributed by atoms with E-state index in [0.717, 1.165) is 69.6 Å². The number of aryl methyl sites for hydroxylation is 2. The Kier molecular flexibility index (Phi) is 18.7. The fraction of sp³-hybridized carbons (Fsp3) is 0.191. The summed E-state index contributed by atoms with van der Waals surface area (Å²) in [6, 6.07) is 90.1. The van der Waals surface area contributed by atoms with E-state index in [-0.39, 0.29) is 5.41 Å². The molecule has 13 rings (SSSR count). The first-order chi connectivity index (χ1) is 44.3. The highest BCUT2D eigenvalue weighted by Gasteiger charge is 2.48. The molecule has 0 aliphatic heterocycles. The largest absolute Gasteiger partial charge is 0.311 e. The van der Waals surface area contributed by atoms with Crippen LogP contribution in [0.15, 0.2) is 315 Å². The molecule has 0 atom stereocenters. The maximum absolute atomic E-state index is 4.42. The van der Waals surface area contributed by atoms with Crippen molar-refractivity contribution in [2.24, 2.45) is 11.3 Å². The summed E-state index contributed by atoms with van der Waals surface area (Å²) in [7, 11) is 0. The third-order valence-corrected chi connectivity index (χ3v) is 19.2. The number of benzene rings is 10. The highest BCUT2D eigenvalue weighted by Crippen LogP contribution is 2.59. The van der Waals surface area contributed by atoms with Crippen LogP contribution in [-0.2, 0) is 10.8 Å². The maximum Gasteiger partial charge on any atom is 0.0713 e. The van der Waals surface area contributed by atoms with Gasteiger partial charge >= 0.3 is 0 Å². The van der Waals surface area contributed by atoms with Gasteiger partial charge in [0.1, 0.15) is 0 Å². The highest BCUT2D eigenvalue weighted by atomic mass is 15.1. The zero-order valence-electron chi connectivity index (χ0n) is 55.1. The molecule has 3 aliphatic rings. The predicted octanol–water partition coefficient (Wildman–Crippen LogP) is 25.2. The van der Waals surface area contributed by atoms with Gasteiger partial charge in [0, 0.05) is 34.1 Å². The molecule has 10 aromatic rings. The standard InChI is InChI=1S/C82H70N2.C5H12.C2H6/c1-8-20-61(9-2)81(76-27-15-11-23-72(76)73-24-12-16-28-77(73)81)64-41-53-70(54-42-64)84(69-51-37-60(38-52-69)59-35-49-68(50-36-59)83(66-45-31-57(4)32-46-66)67-47-33-58(5)34-48-67)71-55-43-65(44-56-71)82(63-22-19-21-62(39-40-63)80(6,7)10-3)78-29-17-13-25-74(78)75-26-14-18-30-79(75)82;1-4-5(2)3;1-2/h8-9,11-20,22-56H,1-2,10,21H2,3-7H3;5H,4H2,1-3H3;1-2H3/b61-20+;;. The Bertz CT molecular complexity index is 4180. The Morgan fingerprint density at radius 1 is 0.473 bits per heavy atom. The van der Waals surface area contributed by atoms with Crippen molar-refractivity contribution in [3.8, 4) is 33.4 Å². The van der Waals surface area contributed by atoms with Crippen LogP contribution in [-0.4, -0.2) is 0 Å². The fourth-order valence-corrected chi connectivity index (χ4v) is 13.7. The molecule has 0 bridgehead atoms. The Labute approximate surface area is 544 Å². The second-order valence-corrected chi connectivity index (χ2v) is 25.2. The lowest BCUT2D eigenvalue weighted by atomic mass is 9.67. The van der Waals surface area contributed by atoms with Crippen molar-refractivity contribution in [3.05, 3.63) is 360 Å². The molecule has 0 heterocycles. The Hall–Kier alpha value is -9.76. The van der Waals surface area contributed by atoms with Gasteiger partial charge in [0.05, 0.1) is 10.8 Å². The van der Waals surface area contributed by atoms with Crippen LogP contribution in [0.25, 0.3) is 33.4 Å². The topological polar surface area (TPSA) is 6.48 Å². The monoisotopic (exact) mass is 1180 g/mol. The Morgan fingerprint density at radius 2 is 0.824 bits per heavy atom. The molecular formula is C89H88N2. The Morgan fingerprint density at radius 3 is 1.20 bits per heavy atom. The van der Waals surface area contributed by atoms with Crippen LogP contribution in [0.1, 0.15) is 119 Å². The van der Waals surface area contributed by atoms with E-state index >= 15 is 0 Å². The van der Waals surface area contributed by atoms with Gasteiger partial charge < -0.3 is 9.80 Å². The van der Waals surface area contributed by atoms with Crippen LogP contribution >= 0.6 is 0 Å². The number of hydrogen-bond acceptors (Lipinski definition) is 2. The zero-order chi connectivity index (χ0) is 63.9. The van der Waals surface area contributed by atoms with E-state index in [9.17, 15) is 0 Å². The molecule has 3 aliphatic carbocycles. The van der Waals surface area contributed by atoms with E-state index in [1.54, 1.807) is 0 Å². The minimum absolute atomic E-state index is 0.0930. The quantitative estimate of drug-likeness (QED) is 0.0890. The van der Waals surface area contributed by atoms with Gasteiger partial charge in [0.2, 0.25) is 0 Å². The third kappa shape index (κ3) is 11.7. The molecule has 0 fully saturated rings. The van der Waals surface area contributed by atoms with E-state index in [0.29, 0.717) is 0 Å². The molecule has 2 heteroatoms. The molecule has 0 saturated heterocycles. The number of hydrogen-bond donors (Lipinski definition) is 0. The average Bonchev–Trinajstić information content (AvgIpc) is 1.57. The first kappa shape index (κ1) is 62.8. The smallest absolute Gasteiger partial charge is 0.0713 e. The summed E-state index contributed by atoms with van der Waals surface area (Å²) in [5.74, 6) is 0.884. The molecule has 91 heavy (non-hydrogen) atoms. The normalized spacial score (nSPS) is 13.9. The average molecular weight is 1190 g/mol. The van der Waals surface area contributed by atoms with Gasteiger partial charge in [0.15, 0.2) is 0 Å². The lowest BCUT2D eigenvalue weighted by molar-refractivity contribution is 0.422. The van der Waals surface area contributed by atoms with Crippen molar-refractivity contribution >= 4 is 34.1 Å². The molecule has 10 aromatic carbocycles. The van der Waals surface area contributed by atoms with E-state index in [1.807, 2.05) is 26.0 Å². The van der Waals surface area contributed by atoms with Crippen molar-refractivity contribution in [2.45, 2.75) is 99.3 Å². The summed E-state index contributed by atoms with van der Waals surface area (Å²) in [4.78, 5) is 4.74. The molecule has 0 saturated carbocycles. The van der Waals surface area contributed by atoms with Gasteiger partial charge in [0.25, 0.3) is 0 Å². The van der Waals surface area contributed by atoms with Gasteiger partial charge in [-0.1, -0.05) is 304 Å². The molecule has 0 radical (unpaired) electrons. The Balaban J connectivity index is 0.00000116. The summed E-state index contributed by atoms with van der Waals surface area (Å²) in [6.07, 6.45) is 19.0. The van der Waals surface area contributed by atoms with Crippen LogP contribution in [0.2, 0.25) is 0 Å². The van der Waals surface area contributed by atoms with Crippen LogP contribution in [0.5, 0.6) is 0 Å². The van der Waals surface area contributed by atoms with E-state index in [1.165, 1.54) is 84.3 Å². The van der Waals surface area contributed by atoms with Gasteiger partial charge in [-0.25, -0.2) is 0 Å². The lowest BCUT2D eigenvalue weighted by Crippen LogP contribution is -2.29. The predicted molar refractivity (Wildman–Crippen MR) is 393 cm³/mol. The van der Waals surface area contributed by atoms with Gasteiger partial charge in [-0.05, 0) is 189 Å². The number of anilines is 6. The van der Waals surface area contributed by atoms with Crippen LogP contribution < -0.4 is 9.80 Å². The molecule has 0 amide bonds. The van der Waals surface area contributed by atoms with Gasteiger partial charge in [-0.3, -0.25) is 0 Å². The summed E-state index contributed by atoms with van der Waals surface area (Å²) in [6.45, 7) is 30.6. The number of nitrogens with zero attached hydrogens (tertiary/aromatic N) is 2. The van der Waals surface area contributed by atoms with Gasteiger partial charge in [-0.15, -0.1) is 0 Å². The summed E-state index contributed by atoms with van der Waals surface area (Å²) in [5, 5.41) is 0. The molecular weight excluding hydrogens is 1100 g/mol. The van der Waals surface area contributed by atoms with Crippen molar-refractivity contribution in [3.63, 3.8) is 0 Å². The molecule has 0 aromatic heterocycles. The highest BCUT2D eigenvalue weighted by molar-refractivity contribution is 5.90. The van der Waals surface area contributed by atoms with Crippen molar-refractivity contribution in [1.82, 2.24) is 0 Å². The zero-order valence-corrected chi connectivity index (χ0v) is 55.1. The number of allylic oxidation sites excluding steroid dienone is 10. The first-order valence-corrected chi connectivity index (χ1v) is 32.9. The van der Waals surface area contributed by atoms with Crippen LogP contribution in [0.3, 0.4) is 0 Å². The van der Waals surface area contributed by atoms with E-state index < -0.39 is 10.8 Å². The summed E-state index contributed by atoms with van der Waals surface area (Å²) < 4.78 is 0. The molecule has 2 nitrogen and oxygen atoms in total. The van der Waals surface area contributed by atoms with Gasteiger partial charge in [-0.2, -0.15) is 0 Å². The van der Waals surface area contributed by atoms with Crippen molar-refractivity contribution < 1.29 is 0 Å². The lowest BCUT2D eigenvalue weighted by Gasteiger charge is -2.36. The fourth-order valence-electron chi connectivity index (χ4n) is 13.7. The third-order valence-electron chi connectivity index (χ3n) is 19.2. The first-order valence-electron chi connectivity index (χ1n) is 32.9. The SMILES string of the molecule is C=C/C=C(\C=C)C1(c2ccc(N(c3ccc(-c4ccc(N(c5ccc(C)cc5)c5ccc(C)cc5)cc4)cc3)c3ccc(C4(C5=CC=C(C(C)(C)CC)CC=C5)c5ccccc5-c5ccccc54)cc3)cc2)c2ccccc2-c2ccccc21.CC.CCC(C)C. The minimum atomic E-state index is -0.603. The summed E-state index contributed by atoms with van der Waals surface area (Å²) in [5.41, 5.74) is 26.6. The van der Waals surface area contributed by atoms with Crippen molar-refractivity contribution in [1.29, 1.82) is 0 Å². The molecule has 0 spiro atoms. The van der Waals surface area contributed by atoms with Crippen molar-refractivity contribution in [2.75, 3.05) is 9.80 Å². The summed E-state index contributed by atoms with van der Waals surface area (Å²) >= 11 is 0. The maximum atomic E-state index is 4.42. The van der Waals surface area contributed by atoms with Crippen LogP contribution in [0.4, 0.5) is 34.1 Å². The minimum Gasteiger partial charge on any atom is -0.311 e. The molecule has 0 unspecified atom stereocenters. The van der Waals surface area contributed by atoms with E-state index in [4.69, 9.17) is 0 Å². The molecule has 0 N–H and O–H groups in total. The second kappa shape index (κ2) is 27.1. The van der Waals surface area contributed by atoms with E-state index in [2.05, 4.69) is 351 Å². The second-order valence-electron chi connectivity index (χ2n) is 25.2.